The third-order valence-electron chi connectivity index (χ3n) is 8.35. The van der Waals surface area contributed by atoms with Gasteiger partial charge in [-0.2, -0.15) is 0 Å². The summed E-state index contributed by atoms with van der Waals surface area (Å²) in [7, 11) is 3.29. The summed E-state index contributed by atoms with van der Waals surface area (Å²) in [5, 5.41) is 0.652. The van der Waals surface area contributed by atoms with Crippen LogP contribution in [0.25, 0.3) is 0 Å². The Labute approximate surface area is 248 Å². The smallest absolute Gasteiger partial charge is 0.162 e. The van der Waals surface area contributed by atoms with E-state index in [0.29, 0.717) is 49.1 Å². The van der Waals surface area contributed by atoms with Gasteiger partial charge in [0, 0.05) is 60.0 Å². The molecule has 5 rings (SSSR count). The number of ketones is 2. The van der Waals surface area contributed by atoms with Crippen LogP contribution in [-0.2, 0) is 20.9 Å². The molecule has 0 saturated heterocycles. The molecule has 0 radical (unpaired) electrons. The van der Waals surface area contributed by atoms with Crippen LogP contribution in [-0.4, -0.2) is 43.8 Å². The van der Waals surface area contributed by atoms with Gasteiger partial charge in [0.15, 0.2) is 23.1 Å². The van der Waals surface area contributed by atoms with Gasteiger partial charge in [0.25, 0.3) is 0 Å². The van der Waals surface area contributed by atoms with Crippen LogP contribution in [0.1, 0.15) is 70.4 Å². The molecule has 0 spiro atoms. The number of halogens is 1. The number of methoxy groups -OCH3 is 2. The number of allylic oxidation sites excluding steroid dienone is 4. The third-order valence-corrected chi connectivity index (χ3v) is 8.58. The van der Waals surface area contributed by atoms with E-state index < -0.39 is 5.92 Å². The van der Waals surface area contributed by atoms with Crippen molar-refractivity contribution in [2.45, 2.75) is 65.9 Å². The van der Waals surface area contributed by atoms with E-state index in [1.54, 1.807) is 14.2 Å². The molecule has 6 nitrogen and oxygen atoms in total. The Morgan fingerprint density at radius 3 is 2.05 bits per heavy atom. The zero-order valence-corrected chi connectivity index (χ0v) is 25.7. The fourth-order valence-electron chi connectivity index (χ4n) is 6.60. The summed E-state index contributed by atoms with van der Waals surface area (Å²) < 4.78 is 17.4. The third kappa shape index (κ3) is 5.96. The minimum absolute atomic E-state index is 0.105. The molecule has 2 aromatic carbocycles. The topological polar surface area (TPSA) is 65.1 Å². The average molecular weight is 578 g/mol. The Balaban J connectivity index is 1.61. The number of hydrogen-bond acceptors (Lipinski definition) is 6. The van der Waals surface area contributed by atoms with Crippen LogP contribution in [0.3, 0.4) is 0 Å². The van der Waals surface area contributed by atoms with Crippen LogP contribution in [0.4, 0.5) is 0 Å². The first-order chi connectivity index (χ1) is 19.4. The van der Waals surface area contributed by atoms with Gasteiger partial charge < -0.3 is 19.1 Å². The molecule has 0 N–H and O–H groups in total. The summed E-state index contributed by atoms with van der Waals surface area (Å²) in [5.41, 5.74) is 4.99. The van der Waals surface area contributed by atoms with Crippen LogP contribution in [0.5, 0.6) is 11.5 Å². The number of hydrogen-bond donors (Lipinski definition) is 0. The lowest BCUT2D eigenvalue weighted by Gasteiger charge is -2.49. The van der Waals surface area contributed by atoms with E-state index in [9.17, 15) is 9.59 Å². The van der Waals surface area contributed by atoms with Crippen molar-refractivity contribution in [2.75, 3.05) is 27.4 Å². The second kappa shape index (κ2) is 11.3. The molecule has 3 aliphatic rings. The Kier molecular flexibility index (Phi) is 8.10. The van der Waals surface area contributed by atoms with Crippen LogP contribution >= 0.6 is 11.6 Å². The number of rotatable bonds is 8. The molecule has 41 heavy (non-hydrogen) atoms. The molecule has 7 heteroatoms. The maximum absolute atomic E-state index is 13.9. The van der Waals surface area contributed by atoms with Gasteiger partial charge in [0.05, 0.1) is 13.7 Å². The molecule has 0 fully saturated rings. The molecule has 2 aromatic rings. The summed E-state index contributed by atoms with van der Waals surface area (Å²) in [6, 6.07) is 13.3. The largest absolute Gasteiger partial charge is 0.493 e. The minimum atomic E-state index is -0.443. The number of benzene rings is 2. The molecular weight excluding hydrogens is 538 g/mol. The highest BCUT2D eigenvalue weighted by molar-refractivity contribution is 6.30. The molecule has 0 atom stereocenters. The second-order valence-corrected chi connectivity index (χ2v) is 13.4. The standard InChI is InChI=1S/C34H40ClNO5/c1-33(2)16-24-31(26(37)18-33)30(32-25(36(24)12-13-39-5)17-34(3,4)19-27(32)38)22-10-11-28(29(15-22)40-6)41-20-21-8-7-9-23(35)14-21/h7-11,14-15,30H,12-13,16-20H2,1-6H3. The SMILES string of the molecule is COCCN1C2=C(C(=O)CC(C)(C)C2)C(c2ccc(OCc3cccc(Cl)c3)c(OC)c2)C2=C1CC(C)(C)CC2=O. The number of carbonyl (C=O) groups excluding carboxylic acids is 2. The molecule has 0 unspecified atom stereocenters. The highest BCUT2D eigenvalue weighted by Gasteiger charge is 2.49. The molecule has 0 aromatic heterocycles. The number of ether oxygens (including phenoxy) is 3. The van der Waals surface area contributed by atoms with Gasteiger partial charge in [-0.05, 0) is 59.1 Å². The van der Waals surface area contributed by atoms with Crippen molar-refractivity contribution >= 4 is 23.2 Å². The summed E-state index contributed by atoms with van der Waals surface area (Å²) in [6.07, 6.45) is 2.41. The lowest BCUT2D eigenvalue weighted by molar-refractivity contribution is -0.119. The predicted molar refractivity (Wildman–Crippen MR) is 160 cm³/mol. The normalized spacial score (nSPS) is 20.2. The van der Waals surface area contributed by atoms with Crippen molar-refractivity contribution < 1.29 is 23.8 Å². The summed E-state index contributed by atoms with van der Waals surface area (Å²) in [4.78, 5) is 30.1. The Morgan fingerprint density at radius 2 is 1.49 bits per heavy atom. The van der Waals surface area contributed by atoms with Gasteiger partial charge in [-0.1, -0.05) is 57.5 Å². The van der Waals surface area contributed by atoms with Gasteiger partial charge in [-0.15, -0.1) is 0 Å². The van der Waals surface area contributed by atoms with Crippen LogP contribution in [0.2, 0.25) is 5.02 Å². The van der Waals surface area contributed by atoms with Crippen molar-refractivity contribution in [1.82, 2.24) is 4.90 Å². The first-order valence-corrected chi connectivity index (χ1v) is 14.6. The average Bonchev–Trinajstić information content (AvgIpc) is 2.89. The van der Waals surface area contributed by atoms with Gasteiger partial charge in [-0.3, -0.25) is 9.59 Å². The highest BCUT2D eigenvalue weighted by atomic mass is 35.5. The molecule has 0 saturated carbocycles. The van der Waals surface area contributed by atoms with Crippen molar-refractivity contribution in [3.63, 3.8) is 0 Å². The van der Waals surface area contributed by atoms with Gasteiger partial charge >= 0.3 is 0 Å². The molecule has 218 valence electrons. The van der Waals surface area contributed by atoms with Crippen LogP contribution < -0.4 is 9.47 Å². The predicted octanol–water partition coefficient (Wildman–Crippen LogP) is 7.26. The summed E-state index contributed by atoms with van der Waals surface area (Å²) >= 11 is 6.15. The van der Waals surface area contributed by atoms with Gasteiger partial charge in [0.1, 0.15) is 6.61 Å². The zero-order chi connectivity index (χ0) is 29.5. The Hall–Kier alpha value is -3.09. The fourth-order valence-corrected chi connectivity index (χ4v) is 6.82. The molecule has 2 aliphatic carbocycles. The first-order valence-electron chi connectivity index (χ1n) is 14.3. The maximum Gasteiger partial charge on any atom is 0.162 e. The van der Waals surface area contributed by atoms with Gasteiger partial charge in [0.2, 0.25) is 0 Å². The molecule has 0 amide bonds. The van der Waals surface area contributed by atoms with E-state index in [1.807, 2.05) is 42.5 Å². The quantitative estimate of drug-likeness (QED) is 0.329. The second-order valence-electron chi connectivity index (χ2n) is 13.0. The molecule has 0 bridgehead atoms. The number of nitrogens with zero attached hydrogens (tertiary/aromatic N) is 1. The maximum atomic E-state index is 13.9. The molecular formula is C34H40ClNO5. The van der Waals surface area contributed by atoms with E-state index >= 15 is 0 Å². The summed E-state index contributed by atoms with van der Waals surface area (Å²) in [5.74, 6) is 0.912. The van der Waals surface area contributed by atoms with E-state index in [2.05, 4.69) is 32.6 Å². The monoisotopic (exact) mass is 577 g/mol. The van der Waals surface area contributed by atoms with Crippen molar-refractivity contribution in [2.24, 2.45) is 10.8 Å². The first kappa shape index (κ1) is 29.4. The number of Topliss-reactive ketones (excluding diaryl/α,β-unsaturated/α-hetero) is 2. The fraction of sp³-hybridized carbons (Fsp3) is 0.471. The zero-order valence-electron chi connectivity index (χ0n) is 24.9. The molecule has 1 aliphatic heterocycles. The van der Waals surface area contributed by atoms with Crippen molar-refractivity contribution in [1.29, 1.82) is 0 Å². The lowest BCUT2D eigenvalue weighted by atomic mass is 9.63. The summed E-state index contributed by atoms with van der Waals surface area (Å²) in [6.45, 7) is 10.0. The molecule has 1 heterocycles. The minimum Gasteiger partial charge on any atom is -0.493 e. The van der Waals surface area contributed by atoms with Gasteiger partial charge in [-0.25, -0.2) is 0 Å². The van der Waals surface area contributed by atoms with E-state index in [4.69, 9.17) is 25.8 Å². The highest BCUT2D eigenvalue weighted by Crippen LogP contribution is 2.54. The van der Waals surface area contributed by atoms with Crippen LogP contribution in [0.15, 0.2) is 65.0 Å². The lowest BCUT2D eigenvalue weighted by Crippen LogP contribution is -2.45. The van der Waals surface area contributed by atoms with Crippen LogP contribution in [0, 0.1) is 10.8 Å². The number of carbonyl (C=O) groups is 2. The van der Waals surface area contributed by atoms with E-state index in [-0.39, 0.29) is 22.4 Å². The van der Waals surface area contributed by atoms with Crippen molar-refractivity contribution in [3.8, 4) is 11.5 Å². The van der Waals surface area contributed by atoms with Crippen molar-refractivity contribution in [3.05, 3.63) is 81.2 Å². The van der Waals surface area contributed by atoms with E-state index in [1.165, 1.54) is 0 Å². The van der Waals surface area contributed by atoms with E-state index in [0.717, 1.165) is 46.5 Å². The Morgan fingerprint density at radius 1 is 0.854 bits per heavy atom. The Bertz CT molecular complexity index is 1380.